The van der Waals surface area contributed by atoms with E-state index >= 15 is 0 Å². The second-order valence-electron chi connectivity index (χ2n) is 5.03. The van der Waals surface area contributed by atoms with Crippen molar-refractivity contribution in [2.24, 2.45) is 5.14 Å². The van der Waals surface area contributed by atoms with Crippen LogP contribution in [-0.2, 0) is 26.1 Å². The van der Waals surface area contributed by atoms with E-state index in [1.165, 1.54) is 0 Å². The van der Waals surface area contributed by atoms with E-state index in [-0.39, 0.29) is 6.54 Å². The van der Waals surface area contributed by atoms with Gasteiger partial charge in [-0.05, 0) is 23.8 Å². The minimum absolute atomic E-state index is 0.243. The zero-order valence-corrected chi connectivity index (χ0v) is 13.8. The first-order valence-electron chi connectivity index (χ1n) is 7.07. The average Bonchev–Trinajstić information content (AvgIpc) is 2.58. The van der Waals surface area contributed by atoms with Crippen LogP contribution < -0.4 is 10.5 Å². The van der Waals surface area contributed by atoms with Crippen molar-refractivity contribution in [1.82, 2.24) is 5.32 Å². The largest absolute Gasteiger partial charge is 0.452 e. The predicted octanol–water partition coefficient (Wildman–Crippen LogP) is 0.946. The summed E-state index contributed by atoms with van der Waals surface area (Å²) in [5.41, 5.74) is 0.233. The van der Waals surface area contributed by atoms with Crippen LogP contribution in [-0.4, -0.2) is 26.9 Å². The maximum atomic E-state index is 13.7. The molecule has 0 saturated carbocycles. The summed E-state index contributed by atoms with van der Waals surface area (Å²) in [5, 5.41) is 7.46. The Morgan fingerprint density at radius 1 is 1.12 bits per heavy atom. The highest BCUT2D eigenvalue weighted by Crippen LogP contribution is 2.15. The van der Waals surface area contributed by atoms with Gasteiger partial charge in [-0.1, -0.05) is 30.3 Å². The molecular formula is C16H15FN2O5S. The first-order chi connectivity index (χ1) is 11.8. The van der Waals surface area contributed by atoms with Gasteiger partial charge in [0.25, 0.3) is 5.91 Å². The maximum absolute atomic E-state index is 13.7. The van der Waals surface area contributed by atoms with E-state index in [4.69, 9.17) is 9.88 Å². The lowest BCUT2D eigenvalue weighted by Gasteiger charge is -2.08. The van der Waals surface area contributed by atoms with E-state index in [0.717, 1.165) is 23.8 Å². The number of nitrogens with one attached hydrogen (secondary N) is 1. The number of carbonyl (C=O) groups is 2. The van der Waals surface area contributed by atoms with Crippen LogP contribution in [0.1, 0.15) is 15.9 Å². The summed E-state index contributed by atoms with van der Waals surface area (Å²) in [6.07, 6.45) is 0. The average molecular weight is 366 g/mol. The molecule has 0 aliphatic rings. The number of carbonyl (C=O) groups excluding carboxylic acids is 2. The van der Waals surface area contributed by atoms with Gasteiger partial charge in [-0.3, -0.25) is 4.79 Å². The fourth-order valence-electron chi connectivity index (χ4n) is 1.89. The number of amides is 1. The molecule has 0 atom stereocenters. The van der Waals surface area contributed by atoms with Gasteiger partial charge in [-0.25, -0.2) is 22.7 Å². The van der Waals surface area contributed by atoms with Crippen molar-refractivity contribution >= 4 is 21.9 Å². The monoisotopic (exact) mass is 366 g/mol. The van der Waals surface area contributed by atoms with Crippen LogP contribution >= 0.6 is 0 Å². The Labute approximate surface area is 143 Å². The molecule has 7 nitrogen and oxygen atoms in total. The van der Waals surface area contributed by atoms with Gasteiger partial charge in [0.1, 0.15) is 5.82 Å². The number of esters is 1. The molecule has 0 aromatic heterocycles. The summed E-state index contributed by atoms with van der Waals surface area (Å²) in [4.78, 5) is 23.1. The second kappa shape index (κ2) is 7.86. The van der Waals surface area contributed by atoms with Gasteiger partial charge in [0.05, 0.1) is 10.5 Å². The number of nitrogens with two attached hydrogens (primary N) is 1. The van der Waals surface area contributed by atoms with Gasteiger partial charge in [0, 0.05) is 6.54 Å². The van der Waals surface area contributed by atoms with E-state index in [1.807, 2.05) is 18.2 Å². The van der Waals surface area contributed by atoms with Crippen molar-refractivity contribution in [2.45, 2.75) is 11.4 Å². The third kappa shape index (κ3) is 5.37. The fraction of sp³-hybridized carbons (Fsp3) is 0.125. The maximum Gasteiger partial charge on any atom is 0.341 e. The first kappa shape index (κ1) is 18.6. The highest BCUT2D eigenvalue weighted by atomic mass is 32.2. The molecule has 0 fully saturated rings. The molecule has 0 heterocycles. The van der Waals surface area contributed by atoms with Gasteiger partial charge in [0.15, 0.2) is 6.61 Å². The van der Waals surface area contributed by atoms with Gasteiger partial charge < -0.3 is 10.1 Å². The minimum Gasteiger partial charge on any atom is -0.452 e. The Balaban J connectivity index is 1.95. The minimum atomic E-state index is -4.10. The number of hydrogen-bond donors (Lipinski definition) is 2. The van der Waals surface area contributed by atoms with Crippen molar-refractivity contribution in [3.63, 3.8) is 0 Å². The van der Waals surface area contributed by atoms with E-state index in [0.29, 0.717) is 0 Å². The molecule has 25 heavy (non-hydrogen) atoms. The van der Waals surface area contributed by atoms with E-state index in [2.05, 4.69) is 5.32 Å². The SMILES string of the molecule is NS(=O)(=O)c1ccc(F)c(C(=O)OCC(=O)NCc2ccccc2)c1. The van der Waals surface area contributed by atoms with Gasteiger partial charge in [-0.2, -0.15) is 0 Å². The van der Waals surface area contributed by atoms with E-state index in [1.54, 1.807) is 12.1 Å². The van der Waals surface area contributed by atoms with Crippen LogP contribution in [0.15, 0.2) is 53.4 Å². The quantitative estimate of drug-likeness (QED) is 0.739. The van der Waals surface area contributed by atoms with Crippen LogP contribution in [0.2, 0.25) is 0 Å². The van der Waals surface area contributed by atoms with Crippen LogP contribution in [0.5, 0.6) is 0 Å². The molecule has 0 radical (unpaired) electrons. The van der Waals surface area contributed by atoms with Crippen molar-refractivity contribution in [2.75, 3.05) is 6.61 Å². The molecule has 3 N–H and O–H groups in total. The lowest BCUT2D eigenvalue weighted by Crippen LogP contribution is -2.28. The van der Waals surface area contributed by atoms with E-state index in [9.17, 15) is 22.4 Å². The molecule has 0 aliphatic carbocycles. The van der Waals surface area contributed by atoms with Crippen LogP contribution in [0.25, 0.3) is 0 Å². The smallest absolute Gasteiger partial charge is 0.341 e. The van der Waals surface area contributed by atoms with Crippen LogP contribution in [0, 0.1) is 5.82 Å². The van der Waals surface area contributed by atoms with Crippen LogP contribution in [0.3, 0.4) is 0 Å². The third-order valence-electron chi connectivity index (χ3n) is 3.15. The van der Waals surface area contributed by atoms with Crippen LogP contribution in [0.4, 0.5) is 4.39 Å². The summed E-state index contributed by atoms with van der Waals surface area (Å²) >= 11 is 0. The van der Waals surface area contributed by atoms with Crippen molar-refractivity contribution < 1.29 is 27.1 Å². The summed E-state index contributed by atoms with van der Waals surface area (Å²) in [6.45, 7) is -0.392. The summed E-state index contributed by atoms with van der Waals surface area (Å²) in [7, 11) is -4.10. The molecule has 0 spiro atoms. The van der Waals surface area contributed by atoms with E-state index < -0.39 is 44.8 Å². The highest BCUT2D eigenvalue weighted by molar-refractivity contribution is 7.89. The summed E-state index contributed by atoms with van der Waals surface area (Å²) in [6, 6.07) is 11.5. The zero-order valence-electron chi connectivity index (χ0n) is 12.9. The normalized spacial score (nSPS) is 11.0. The number of hydrogen-bond acceptors (Lipinski definition) is 5. The number of primary sulfonamides is 1. The number of rotatable bonds is 6. The van der Waals surface area contributed by atoms with Crippen molar-refractivity contribution in [3.8, 4) is 0 Å². The molecule has 2 rings (SSSR count). The number of ether oxygens (including phenoxy) is 1. The van der Waals surface area contributed by atoms with Gasteiger partial charge in [-0.15, -0.1) is 0 Å². The standard InChI is InChI=1S/C16H15FN2O5S/c17-14-7-6-12(25(18,22)23)8-13(14)16(21)24-10-15(20)19-9-11-4-2-1-3-5-11/h1-8H,9-10H2,(H,19,20)(H2,18,22,23). The predicted molar refractivity (Wildman–Crippen MR) is 86.3 cm³/mol. The molecule has 0 saturated heterocycles. The number of halogens is 1. The molecule has 0 bridgehead atoms. The first-order valence-corrected chi connectivity index (χ1v) is 8.62. The van der Waals surface area contributed by atoms with Crippen molar-refractivity contribution in [3.05, 3.63) is 65.5 Å². The highest BCUT2D eigenvalue weighted by Gasteiger charge is 2.18. The molecule has 1 amide bonds. The molecule has 2 aromatic carbocycles. The lowest BCUT2D eigenvalue weighted by molar-refractivity contribution is -0.124. The number of benzene rings is 2. The number of sulfonamides is 1. The Kier molecular flexibility index (Phi) is 5.84. The molecule has 132 valence electrons. The summed E-state index contributed by atoms with van der Waals surface area (Å²) in [5.74, 6) is -2.74. The third-order valence-corrected chi connectivity index (χ3v) is 4.06. The Hall–Kier alpha value is -2.78. The fourth-order valence-corrected chi connectivity index (χ4v) is 2.43. The zero-order chi connectivity index (χ0) is 18.4. The van der Waals surface area contributed by atoms with Gasteiger partial charge >= 0.3 is 5.97 Å². The molecular weight excluding hydrogens is 351 g/mol. The van der Waals surface area contributed by atoms with Crippen molar-refractivity contribution in [1.29, 1.82) is 0 Å². The Morgan fingerprint density at radius 2 is 1.80 bits per heavy atom. The Morgan fingerprint density at radius 3 is 2.44 bits per heavy atom. The Bertz CT molecular complexity index is 885. The molecule has 0 aliphatic heterocycles. The molecule has 0 unspecified atom stereocenters. The summed E-state index contributed by atoms with van der Waals surface area (Å²) < 4.78 is 40.9. The lowest BCUT2D eigenvalue weighted by atomic mass is 10.2. The molecule has 2 aromatic rings. The second-order valence-corrected chi connectivity index (χ2v) is 6.59. The van der Waals surface area contributed by atoms with Gasteiger partial charge in [0.2, 0.25) is 10.0 Å². The topological polar surface area (TPSA) is 116 Å². The molecule has 9 heteroatoms.